The molecule has 4 rings (SSSR count). The molecule has 12 heteroatoms. The Morgan fingerprint density at radius 3 is 2.41 bits per heavy atom. The van der Waals surface area contributed by atoms with E-state index in [1.54, 1.807) is 18.2 Å². The molecule has 0 spiro atoms. The van der Waals surface area contributed by atoms with Crippen LogP contribution in [0.2, 0.25) is 10.4 Å². The summed E-state index contributed by atoms with van der Waals surface area (Å²) in [5, 5.41) is 29.4. The molecule has 9 nitrogen and oxygen atoms in total. The molecule has 29 heavy (non-hydrogen) atoms. The Labute approximate surface area is 175 Å². The minimum absolute atomic E-state index is 0.00405. The lowest BCUT2D eigenvalue weighted by Crippen LogP contribution is -2.32. The Morgan fingerprint density at radius 1 is 1.10 bits per heavy atom. The largest absolute Gasteiger partial charge is 0.394 e. The molecular weight excluding hydrogens is 445 g/mol. The van der Waals surface area contributed by atoms with Crippen molar-refractivity contribution in [3.8, 4) is 0 Å². The maximum atomic E-state index is 13.2. The molecule has 0 amide bonds. The second-order valence-electron chi connectivity index (χ2n) is 6.44. The predicted octanol–water partition coefficient (Wildman–Crippen LogP) is 1.13. The molecular formula is C17H15Cl2N3O6S. The van der Waals surface area contributed by atoms with Crippen LogP contribution in [-0.2, 0) is 14.8 Å². The van der Waals surface area contributed by atoms with Gasteiger partial charge in [0.05, 0.1) is 11.5 Å². The summed E-state index contributed by atoms with van der Waals surface area (Å²) in [6, 6.07) is 7.64. The normalized spacial score (nSPS) is 25.0. The van der Waals surface area contributed by atoms with Gasteiger partial charge < -0.3 is 20.1 Å². The van der Waals surface area contributed by atoms with Gasteiger partial charge in [-0.2, -0.15) is 0 Å². The summed E-state index contributed by atoms with van der Waals surface area (Å²) in [5.74, 6) is 0. The molecule has 1 fully saturated rings. The van der Waals surface area contributed by atoms with E-state index in [4.69, 9.17) is 27.9 Å². The van der Waals surface area contributed by atoms with Gasteiger partial charge >= 0.3 is 0 Å². The average molecular weight is 460 g/mol. The van der Waals surface area contributed by atoms with Crippen molar-refractivity contribution in [1.82, 2.24) is 13.9 Å². The Morgan fingerprint density at radius 2 is 1.79 bits per heavy atom. The fraction of sp³-hybridized carbons (Fsp3) is 0.294. The van der Waals surface area contributed by atoms with Crippen molar-refractivity contribution < 1.29 is 28.5 Å². The van der Waals surface area contributed by atoms with Crippen molar-refractivity contribution in [2.24, 2.45) is 0 Å². The fourth-order valence-corrected chi connectivity index (χ4v) is 5.23. The summed E-state index contributed by atoms with van der Waals surface area (Å²) in [5.41, 5.74) is 0.130. The van der Waals surface area contributed by atoms with Crippen molar-refractivity contribution in [3.63, 3.8) is 0 Å². The quantitative estimate of drug-likeness (QED) is 0.390. The minimum atomic E-state index is -4.10. The molecule has 3 aromatic rings. The monoisotopic (exact) mass is 459 g/mol. The Balaban J connectivity index is 1.97. The van der Waals surface area contributed by atoms with Gasteiger partial charge in [-0.05, 0) is 23.7 Å². The van der Waals surface area contributed by atoms with Crippen molar-refractivity contribution in [1.29, 1.82) is 0 Å². The average Bonchev–Trinajstić information content (AvgIpc) is 3.21. The van der Waals surface area contributed by atoms with Crippen molar-refractivity contribution in [2.75, 3.05) is 6.61 Å². The first kappa shape index (κ1) is 20.5. The zero-order valence-electron chi connectivity index (χ0n) is 14.6. The minimum Gasteiger partial charge on any atom is -0.394 e. The number of fused-ring (bicyclic) bond motifs is 1. The summed E-state index contributed by atoms with van der Waals surface area (Å²) in [4.78, 5) is 7.88. The first-order valence-electron chi connectivity index (χ1n) is 8.42. The lowest BCUT2D eigenvalue weighted by atomic mass is 10.0. The summed E-state index contributed by atoms with van der Waals surface area (Å²) in [6.07, 6.45) is -3.82. The highest BCUT2D eigenvalue weighted by Crippen LogP contribution is 2.40. The van der Waals surface area contributed by atoms with Gasteiger partial charge in [0.25, 0.3) is 10.0 Å². The van der Waals surface area contributed by atoms with Crippen molar-refractivity contribution >= 4 is 44.3 Å². The van der Waals surface area contributed by atoms with E-state index in [2.05, 4.69) is 9.97 Å². The number of hydrogen-bond acceptors (Lipinski definition) is 8. The van der Waals surface area contributed by atoms with Gasteiger partial charge in [0, 0.05) is 11.8 Å². The lowest BCUT2D eigenvalue weighted by Gasteiger charge is -2.13. The van der Waals surface area contributed by atoms with Crippen LogP contribution in [0.5, 0.6) is 0 Å². The molecule has 0 aliphatic carbocycles. The van der Waals surface area contributed by atoms with E-state index in [0.717, 1.165) is 3.97 Å². The smallest absolute Gasteiger partial charge is 0.268 e. The number of nitrogens with zero attached hydrogens (tertiary/aromatic N) is 3. The number of aliphatic hydroxyl groups excluding tert-OH is 3. The number of aromatic nitrogens is 3. The van der Waals surface area contributed by atoms with Gasteiger partial charge in [0.15, 0.2) is 5.15 Å². The Kier molecular flexibility index (Phi) is 5.28. The maximum absolute atomic E-state index is 13.2. The van der Waals surface area contributed by atoms with Gasteiger partial charge in [0.1, 0.15) is 35.4 Å². The van der Waals surface area contributed by atoms with Crippen LogP contribution < -0.4 is 0 Å². The highest BCUT2D eigenvalue weighted by atomic mass is 35.5. The molecule has 1 aromatic carbocycles. The van der Waals surface area contributed by atoms with E-state index in [0.29, 0.717) is 0 Å². The van der Waals surface area contributed by atoms with Gasteiger partial charge in [-0.25, -0.2) is 22.4 Å². The molecule has 3 heterocycles. The molecule has 1 saturated heterocycles. The molecule has 3 N–H and O–H groups in total. The Hall–Kier alpha value is -1.79. The third-order valence-corrected chi connectivity index (χ3v) is 6.82. The van der Waals surface area contributed by atoms with Crippen LogP contribution >= 0.6 is 23.2 Å². The predicted molar refractivity (Wildman–Crippen MR) is 103 cm³/mol. The Bertz CT molecular complexity index is 1170. The van der Waals surface area contributed by atoms with Crippen LogP contribution in [0.25, 0.3) is 11.0 Å². The second-order valence-corrected chi connectivity index (χ2v) is 8.95. The van der Waals surface area contributed by atoms with Gasteiger partial charge in [-0.1, -0.05) is 29.8 Å². The van der Waals surface area contributed by atoms with E-state index < -0.39 is 41.0 Å². The van der Waals surface area contributed by atoms with E-state index in [1.165, 1.54) is 18.3 Å². The molecule has 154 valence electrons. The molecule has 0 bridgehead atoms. The first-order chi connectivity index (χ1) is 13.8. The summed E-state index contributed by atoms with van der Waals surface area (Å²) >= 11 is 12.1. The maximum Gasteiger partial charge on any atom is 0.268 e. The number of halogens is 2. The van der Waals surface area contributed by atoms with Crippen LogP contribution in [0, 0.1) is 0 Å². The highest BCUT2D eigenvalue weighted by molar-refractivity contribution is 7.90. The topological polar surface area (TPSA) is 135 Å². The summed E-state index contributed by atoms with van der Waals surface area (Å²) in [6.45, 7) is -0.536. The second kappa shape index (κ2) is 7.47. The lowest BCUT2D eigenvalue weighted by molar-refractivity contribution is -0.0224. The van der Waals surface area contributed by atoms with Gasteiger partial charge in [0.2, 0.25) is 5.28 Å². The van der Waals surface area contributed by atoms with Crippen molar-refractivity contribution in [2.45, 2.75) is 29.3 Å². The van der Waals surface area contributed by atoms with Crippen LogP contribution in [0.1, 0.15) is 11.7 Å². The van der Waals surface area contributed by atoms with Crippen LogP contribution in [0.4, 0.5) is 0 Å². The number of benzene rings is 1. The summed E-state index contributed by atoms with van der Waals surface area (Å²) < 4.78 is 32.8. The molecule has 4 atom stereocenters. The van der Waals surface area contributed by atoms with E-state index in [-0.39, 0.29) is 31.9 Å². The number of hydrogen-bond donors (Lipinski definition) is 3. The molecule has 0 saturated carbocycles. The van der Waals surface area contributed by atoms with E-state index >= 15 is 0 Å². The first-order valence-corrected chi connectivity index (χ1v) is 10.6. The van der Waals surface area contributed by atoms with Gasteiger partial charge in [-0.3, -0.25) is 0 Å². The molecule has 1 aliphatic rings. The van der Waals surface area contributed by atoms with Gasteiger partial charge in [-0.15, -0.1) is 0 Å². The molecule has 1 aliphatic heterocycles. The SMILES string of the molecule is O=S(=O)(c1ccccc1)n1cc(C2O[C@H](CO)[C@@H](O)[C@H]2O)c2nc(Cl)nc(Cl)c21. The summed E-state index contributed by atoms with van der Waals surface area (Å²) in [7, 11) is -4.10. The number of rotatable bonds is 4. The third kappa shape index (κ3) is 3.30. The fourth-order valence-electron chi connectivity index (χ4n) is 3.31. The van der Waals surface area contributed by atoms with E-state index in [9.17, 15) is 23.7 Å². The molecule has 2 aromatic heterocycles. The van der Waals surface area contributed by atoms with Crippen molar-refractivity contribution in [3.05, 3.63) is 52.5 Å². The highest BCUT2D eigenvalue weighted by Gasteiger charge is 2.45. The zero-order chi connectivity index (χ0) is 20.9. The molecule has 1 unspecified atom stereocenters. The van der Waals surface area contributed by atoms with Crippen LogP contribution in [0.15, 0.2) is 41.4 Å². The number of aliphatic hydroxyl groups is 3. The standard InChI is InChI=1S/C17H15Cl2N3O6S/c18-16-12-11(20-17(19)21-16)9(15-14(25)13(24)10(7-23)28-15)6-22(12)29(26,27)8-4-2-1-3-5-8/h1-6,10,13-15,23-25H,7H2/t10-,13-,14-,15?/m1/s1. The zero-order valence-corrected chi connectivity index (χ0v) is 16.9. The van der Waals surface area contributed by atoms with Crippen LogP contribution in [-0.4, -0.2) is 62.6 Å². The molecule has 0 radical (unpaired) electrons. The van der Waals surface area contributed by atoms with Crippen LogP contribution in [0.3, 0.4) is 0 Å². The third-order valence-electron chi connectivity index (χ3n) is 4.71. The van der Waals surface area contributed by atoms with E-state index in [1.807, 2.05) is 0 Å². The number of ether oxygens (including phenoxy) is 1.